The van der Waals surface area contributed by atoms with E-state index in [0.717, 1.165) is 15.8 Å². The van der Waals surface area contributed by atoms with Crippen molar-refractivity contribution in [3.63, 3.8) is 0 Å². The van der Waals surface area contributed by atoms with E-state index in [4.69, 9.17) is 10.5 Å². The molecule has 2 nitrogen and oxygen atoms in total. The van der Waals surface area contributed by atoms with Crippen LogP contribution < -0.4 is 10.5 Å². The zero-order chi connectivity index (χ0) is 14.8. The normalized spacial score (nSPS) is 12.5. The lowest BCUT2D eigenvalue weighted by molar-refractivity contribution is 0.338. The maximum Gasteiger partial charge on any atom is 0.133 e. The SMILES string of the molecule is CCOc1ccc(C(N)c2cc3ccccc3s2)cc1Br. The topological polar surface area (TPSA) is 35.2 Å². The molecule has 1 aromatic heterocycles. The minimum atomic E-state index is -0.116. The van der Waals surface area contributed by atoms with Crippen LogP contribution in [0.15, 0.2) is 53.0 Å². The molecule has 2 N–H and O–H groups in total. The minimum Gasteiger partial charge on any atom is -0.493 e. The molecule has 0 saturated heterocycles. The van der Waals surface area contributed by atoms with Crippen LogP contribution in [-0.2, 0) is 0 Å². The maximum atomic E-state index is 6.42. The summed E-state index contributed by atoms with van der Waals surface area (Å²) in [5.74, 6) is 0.852. The van der Waals surface area contributed by atoms with Gasteiger partial charge in [-0.05, 0) is 58.1 Å². The van der Waals surface area contributed by atoms with Gasteiger partial charge in [0, 0.05) is 9.58 Å². The van der Waals surface area contributed by atoms with Crippen LogP contribution >= 0.6 is 27.3 Å². The molecule has 1 atom stereocenters. The van der Waals surface area contributed by atoms with Crippen LogP contribution in [-0.4, -0.2) is 6.61 Å². The van der Waals surface area contributed by atoms with E-state index in [1.54, 1.807) is 11.3 Å². The quantitative estimate of drug-likeness (QED) is 0.700. The Morgan fingerprint density at radius 1 is 1.19 bits per heavy atom. The van der Waals surface area contributed by atoms with Gasteiger partial charge in [0.05, 0.1) is 17.1 Å². The Morgan fingerprint density at radius 2 is 2.00 bits per heavy atom. The zero-order valence-corrected chi connectivity index (χ0v) is 14.1. The summed E-state index contributed by atoms with van der Waals surface area (Å²) in [6.45, 7) is 2.63. The largest absolute Gasteiger partial charge is 0.493 e. The molecule has 108 valence electrons. The van der Waals surface area contributed by atoms with Gasteiger partial charge in [-0.2, -0.15) is 0 Å². The Labute approximate surface area is 136 Å². The molecule has 0 saturated carbocycles. The van der Waals surface area contributed by atoms with Gasteiger partial charge in [-0.15, -0.1) is 11.3 Å². The van der Waals surface area contributed by atoms with Crippen molar-refractivity contribution in [3.8, 4) is 5.75 Å². The highest BCUT2D eigenvalue weighted by Crippen LogP contribution is 2.34. The third-order valence-electron chi connectivity index (χ3n) is 3.37. The van der Waals surface area contributed by atoms with E-state index in [2.05, 4.69) is 46.3 Å². The number of benzene rings is 2. The number of rotatable bonds is 4. The first-order chi connectivity index (χ1) is 10.2. The Hall–Kier alpha value is -1.36. The number of thiophene rings is 1. The summed E-state index contributed by atoms with van der Waals surface area (Å²) in [6, 6.07) is 16.5. The molecule has 0 aliphatic heterocycles. The van der Waals surface area contributed by atoms with Gasteiger partial charge in [0.15, 0.2) is 0 Å². The van der Waals surface area contributed by atoms with Gasteiger partial charge in [0.1, 0.15) is 5.75 Å². The van der Waals surface area contributed by atoms with Gasteiger partial charge < -0.3 is 10.5 Å². The van der Waals surface area contributed by atoms with Crippen molar-refractivity contribution in [1.29, 1.82) is 0 Å². The summed E-state index contributed by atoms with van der Waals surface area (Å²) in [5.41, 5.74) is 7.50. The Balaban J connectivity index is 1.93. The molecule has 0 aliphatic carbocycles. The number of fused-ring (bicyclic) bond motifs is 1. The molecule has 0 fully saturated rings. The highest BCUT2D eigenvalue weighted by Gasteiger charge is 2.14. The van der Waals surface area contributed by atoms with Crippen LogP contribution in [0.5, 0.6) is 5.75 Å². The summed E-state index contributed by atoms with van der Waals surface area (Å²) in [6.07, 6.45) is 0. The first-order valence-electron chi connectivity index (χ1n) is 6.85. The molecular weight excluding hydrogens is 346 g/mol. The molecule has 1 unspecified atom stereocenters. The fourth-order valence-electron chi connectivity index (χ4n) is 2.30. The highest BCUT2D eigenvalue weighted by molar-refractivity contribution is 9.10. The highest BCUT2D eigenvalue weighted by atomic mass is 79.9. The average Bonchev–Trinajstić information content (AvgIpc) is 2.92. The third kappa shape index (κ3) is 2.98. The van der Waals surface area contributed by atoms with Gasteiger partial charge >= 0.3 is 0 Å². The summed E-state index contributed by atoms with van der Waals surface area (Å²) in [7, 11) is 0. The molecule has 21 heavy (non-hydrogen) atoms. The molecule has 3 rings (SSSR count). The smallest absolute Gasteiger partial charge is 0.133 e. The summed E-state index contributed by atoms with van der Waals surface area (Å²) < 4.78 is 7.75. The molecule has 0 amide bonds. The Bertz CT molecular complexity index is 735. The molecule has 1 heterocycles. The minimum absolute atomic E-state index is 0.116. The summed E-state index contributed by atoms with van der Waals surface area (Å²) in [5, 5.41) is 1.25. The third-order valence-corrected chi connectivity index (χ3v) is 5.18. The Kier molecular flexibility index (Phi) is 4.29. The van der Waals surface area contributed by atoms with E-state index in [1.807, 2.05) is 25.1 Å². The Morgan fingerprint density at radius 3 is 2.71 bits per heavy atom. The van der Waals surface area contributed by atoms with E-state index in [1.165, 1.54) is 15.0 Å². The zero-order valence-electron chi connectivity index (χ0n) is 11.7. The van der Waals surface area contributed by atoms with E-state index in [9.17, 15) is 0 Å². The van der Waals surface area contributed by atoms with Crippen molar-refractivity contribution in [2.45, 2.75) is 13.0 Å². The van der Waals surface area contributed by atoms with Gasteiger partial charge in [0.2, 0.25) is 0 Å². The van der Waals surface area contributed by atoms with Crippen LogP contribution in [0.4, 0.5) is 0 Å². The molecule has 0 aliphatic rings. The standard InChI is InChI=1S/C17H16BrNOS/c1-2-20-14-8-7-12(9-13(14)18)17(19)16-10-11-5-3-4-6-15(11)21-16/h3-10,17H,2,19H2,1H3. The van der Waals surface area contributed by atoms with Crippen molar-refractivity contribution in [2.75, 3.05) is 6.61 Å². The summed E-state index contributed by atoms with van der Waals surface area (Å²) >= 11 is 5.30. The lowest BCUT2D eigenvalue weighted by atomic mass is 10.1. The molecule has 4 heteroatoms. The van der Waals surface area contributed by atoms with Gasteiger partial charge in [-0.25, -0.2) is 0 Å². The molecule has 3 aromatic rings. The number of nitrogens with two attached hydrogens (primary N) is 1. The molecule has 0 spiro atoms. The maximum absolute atomic E-state index is 6.42. The fourth-order valence-corrected chi connectivity index (χ4v) is 3.91. The molecule has 0 bridgehead atoms. The van der Waals surface area contributed by atoms with Crippen molar-refractivity contribution >= 4 is 37.4 Å². The second kappa shape index (κ2) is 6.18. The molecular formula is C17H16BrNOS. The number of hydrogen-bond donors (Lipinski definition) is 1. The number of halogens is 1. The van der Waals surface area contributed by atoms with Crippen LogP contribution in [0.2, 0.25) is 0 Å². The number of ether oxygens (including phenoxy) is 1. The second-order valence-corrected chi connectivity index (χ2v) is 6.76. The summed E-state index contributed by atoms with van der Waals surface area (Å²) in [4.78, 5) is 1.17. The van der Waals surface area contributed by atoms with Crippen molar-refractivity contribution < 1.29 is 4.74 Å². The predicted molar refractivity (Wildman–Crippen MR) is 93.2 cm³/mol. The van der Waals surface area contributed by atoms with Gasteiger partial charge in [-0.3, -0.25) is 0 Å². The van der Waals surface area contributed by atoms with E-state index in [-0.39, 0.29) is 6.04 Å². The average molecular weight is 362 g/mol. The van der Waals surface area contributed by atoms with E-state index >= 15 is 0 Å². The van der Waals surface area contributed by atoms with Crippen molar-refractivity contribution in [3.05, 3.63) is 63.4 Å². The van der Waals surface area contributed by atoms with E-state index in [0.29, 0.717) is 6.61 Å². The molecule has 0 radical (unpaired) electrons. The van der Waals surface area contributed by atoms with Crippen LogP contribution in [0.1, 0.15) is 23.4 Å². The lowest BCUT2D eigenvalue weighted by Gasteiger charge is -2.12. The number of hydrogen-bond acceptors (Lipinski definition) is 3. The van der Waals surface area contributed by atoms with Gasteiger partial charge in [-0.1, -0.05) is 24.3 Å². The predicted octanol–water partition coefficient (Wildman–Crippen LogP) is 5.11. The second-order valence-electron chi connectivity index (χ2n) is 4.79. The first-order valence-corrected chi connectivity index (χ1v) is 8.46. The van der Waals surface area contributed by atoms with Crippen molar-refractivity contribution in [2.24, 2.45) is 5.73 Å². The fraction of sp³-hybridized carbons (Fsp3) is 0.176. The lowest BCUT2D eigenvalue weighted by Crippen LogP contribution is -2.10. The van der Waals surface area contributed by atoms with Crippen LogP contribution in [0.3, 0.4) is 0 Å². The van der Waals surface area contributed by atoms with Crippen molar-refractivity contribution in [1.82, 2.24) is 0 Å². The van der Waals surface area contributed by atoms with Crippen LogP contribution in [0.25, 0.3) is 10.1 Å². The van der Waals surface area contributed by atoms with Gasteiger partial charge in [0.25, 0.3) is 0 Å². The van der Waals surface area contributed by atoms with E-state index < -0.39 is 0 Å². The monoisotopic (exact) mass is 361 g/mol. The van der Waals surface area contributed by atoms with Crippen LogP contribution in [0, 0.1) is 0 Å². The first kappa shape index (κ1) is 14.6. The molecule has 2 aromatic carbocycles.